The highest BCUT2D eigenvalue weighted by molar-refractivity contribution is 14.1. The summed E-state index contributed by atoms with van der Waals surface area (Å²) in [6.07, 6.45) is 0. The molecular formula is C20H23ClIN3O. The summed E-state index contributed by atoms with van der Waals surface area (Å²) in [5, 5.41) is 3.88. The first kappa shape index (κ1) is 19.6. The van der Waals surface area contributed by atoms with Gasteiger partial charge in [-0.2, -0.15) is 0 Å². The average Bonchev–Trinajstić information content (AvgIpc) is 2.66. The standard InChI is InChI=1S/C20H23ClIN3O/c1-24-9-11-25(12-10-24)14-19(15-5-3-2-4-6-15)23-20(26)16-7-8-17(21)18(22)13-16/h2-8,13,19H,9-12,14H2,1H3,(H,23,26). The van der Waals surface area contributed by atoms with Crippen LogP contribution in [0.4, 0.5) is 0 Å². The maximum atomic E-state index is 12.8. The van der Waals surface area contributed by atoms with Crippen molar-refractivity contribution in [1.29, 1.82) is 0 Å². The van der Waals surface area contributed by atoms with Gasteiger partial charge in [-0.1, -0.05) is 41.9 Å². The van der Waals surface area contributed by atoms with Gasteiger partial charge < -0.3 is 10.2 Å². The predicted octanol–water partition coefficient (Wildman–Crippen LogP) is 3.66. The van der Waals surface area contributed by atoms with Crippen molar-refractivity contribution in [2.24, 2.45) is 0 Å². The van der Waals surface area contributed by atoms with Crippen molar-refractivity contribution in [3.8, 4) is 0 Å². The minimum atomic E-state index is -0.0671. The van der Waals surface area contributed by atoms with E-state index in [4.69, 9.17) is 11.6 Å². The van der Waals surface area contributed by atoms with E-state index in [0.717, 1.165) is 41.9 Å². The Morgan fingerprint density at radius 3 is 2.50 bits per heavy atom. The van der Waals surface area contributed by atoms with Crippen molar-refractivity contribution in [2.75, 3.05) is 39.8 Å². The number of rotatable bonds is 5. The highest BCUT2D eigenvalue weighted by Gasteiger charge is 2.22. The van der Waals surface area contributed by atoms with Crippen LogP contribution < -0.4 is 5.32 Å². The Hall–Kier alpha value is -1.15. The van der Waals surface area contributed by atoms with Gasteiger partial charge in [0, 0.05) is 41.9 Å². The van der Waals surface area contributed by atoms with Crippen molar-refractivity contribution in [3.05, 3.63) is 68.3 Å². The van der Waals surface area contributed by atoms with E-state index in [2.05, 4.69) is 56.9 Å². The van der Waals surface area contributed by atoms with Gasteiger partial charge in [0.2, 0.25) is 0 Å². The maximum Gasteiger partial charge on any atom is 0.251 e. The van der Waals surface area contributed by atoms with Gasteiger partial charge in [-0.15, -0.1) is 0 Å². The third-order valence-corrected chi connectivity index (χ3v) is 6.27. The number of benzene rings is 2. The highest BCUT2D eigenvalue weighted by Crippen LogP contribution is 2.21. The minimum Gasteiger partial charge on any atom is -0.344 e. The molecule has 26 heavy (non-hydrogen) atoms. The van der Waals surface area contributed by atoms with E-state index in [1.165, 1.54) is 0 Å². The van der Waals surface area contributed by atoms with Crippen molar-refractivity contribution >= 4 is 40.1 Å². The van der Waals surface area contributed by atoms with Crippen molar-refractivity contribution in [3.63, 3.8) is 0 Å². The molecule has 2 aromatic rings. The molecule has 0 spiro atoms. The van der Waals surface area contributed by atoms with Gasteiger partial charge in [0.1, 0.15) is 0 Å². The van der Waals surface area contributed by atoms with Crippen LogP contribution in [0.2, 0.25) is 5.02 Å². The Bertz CT molecular complexity index is 748. The van der Waals surface area contributed by atoms with Crippen LogP contribution in [0, 0.1) is 3.57 Å². The van der Waals surface area contributed by atoms with Gasteiger partial charge in [0.15, 0.2) is 0 Å². The van der Waals surface area contributed by atoms with Crippen LogP contribution in [-0.4, -0.2) is 55.5 Å². The van der Waals surface area contributed by atoms with Crippen molar-refractivity contribution < 1.29 is 4.79 Å². The third-order valence-electron chi connectivity index (χ3n) is 4.73. The molecule has 0 bridgehead atoms. The molecular weight excluding hydrogens is 461 g/mol. The molecule has 1 unspecified atom stereocenters. The lowest BCUT2D eigenvalue weighted by Gasteiger charge is -2.35. The van der Waals surface area contributed by atoms with E-state index in [1.54, 1.807) is 12.1 Å². The second-order valence-corrected chi connectivity index (χ2v) is 8.24. The number of hydrogen-bond acceptors (Lipinski definition) is 3. The molecule has 6 heteroatoms. The van der Waals surface area contributed by atoms with Crippen molar-refractivity contribution in [2.45, 2.75) is 6.04 Å². The van der Waals surface area contributed by atoms with Crippen molar-refractivity contribution in [1.82, 2.24) is 15.1 Å². The second-order valence-electron chi connectivity index (χ2n) is 6.67. The number of halogens is 2. The first-order chi connectivity index (χ1) is 12.5. The normalized spacial score (nSPS) is 17.0. The molecule has 1 amide bonds. The maximum absolute atomic E-state index is 12.8. The number of carbonyl (C=O) groups is 1. The summed E-state index contributed by atoms with van der Waals surface area (Å²) in [5.41, 5.74) is 1.77. The summed E-state index contributed by atoms with van der Waals surface area (Å²) in [5.74, 6) is -0.0671. The SMILES string of the molecule is CN1CCN(CC(NC(=O)c2ccc(Cl)c(I)c2)c2ccccc2)CC1. The van der Waals surface area contributed by atoms with E-state index >= 15 is 0 Å². The Kier molecular flexibility index (Phi) is 6.92. The molecule has 2 aromatic carbocycles. The van der Waals surface area contributed by atoms with Crippen LogP contribution >= 0.6 is 34.2 Å². The molecule has 0 radical (unpaired) electrons. The van der Waals surface area contributed by atoms with E-state index in [-0.39, 0.29) is 11.9 Å². The fourth-order valence-electron chi connectivity index (χ4n) is 3.09. The molecule has 0 aromatic heterocycles. The molecule has 0 saturated carbocycles. The van der Waals surface area contributed by atoms with E-state index < -0.39 is 0 Å². The molecule has 1 fully saturated rings. The molecule has 1 N–H and O–H groups in total. The summed E-state index contributed by atoms with van der Waals surface area (Å²) in [6, 6.07) is 15.5. The van der Waals surface area contributed by atoms with Crippen LogP contribution in [0.1, 0.15) is 22.0 Å². The molecule has 1 aliphatic rings. The first-order valence-electron chi connectivity index (χ1n) is 8.74. The van der Waals surface area contributed by atoms with E-state index in [9.17, 15) is 4.79 Å². The zero-order chi connectivity index (χ0) is 18.5. The molecule has 1 heterocycles. The highest BCUT2D eigenvalue weighted by atomic mass is 127. The van der Waals surface area contributed by atoms with Crippen LogP contribution in [0.3, 0.4) is 0 Å². The largest absolute Gasteiger partial charge is 0.344 e. The predicted molar refractivity (Wildman–Crippen MR) is 115 cm³/mol. The van der Waals surface area contributed by atoms with Gasteiger partial charge >= 0.3 is 0 Å². The molecule has 4 nitrogen and oxygen atoms in total. The number of likely N-dealkylation sites (N-methyl/N-ethyl adjacent to an activating group) is 1. The molecule has 1 saturated heterocycles. The quantitative estimate of drug-likeness (QED) is 0.659. The molecule has 1 aliphatic heterocycles. The Morgan fingerprint density at radius 2 is 1.85 bits per heavy atom. The lowest BCUT2D eigenvalue weighted by atomic mass is 10.0. The number of amides is 1. The zero-order valence-corrected chi connectivity index (χ0v) is 17.7. The molecule has 138 valence electrons. The molecule has 3 rings (SSSR count). The summed E-state index contributed by atoms with van der Waals surface area (Å²) >= 11 is 8.23. The zero-order valence-electron chi connectivity index (χ0n) is 14.8. The second kappa shape index (κ2) is 9.17. The number of carbonyl (C=O) groups excluding carboxylic acids is 1. The molecule has 0 aliphatic carbocycles. The van der Waals surface area contributed by atoms with Gasteiger partial charge in [-0.05, 0) is 53.4 Å². The summed E-state index contributed by atoms with van der Waals surface area (Å²) in [6.45, 7) is 4.98. The number of nitrogens with zero attached hydrogens (tertiary/aromatic N) is 2. The first-order valence-corrected chi connectivity index (χ1v) is 10.2. The van der Waals surface area contributed by atoms with Crippen LogP contribution in [0.25, 0.3) is 0 Å². The Morgan fingerprint density at radius 1 is 1.15 bits per heavy atom. The smallest absolute Gasteiger partial charge is 0.251 e. The van der Waals surface area contributed by atoms with E-state index in [1.807, 2.05) is 24.3 Å². The van der Waals surface area contributed by atoms with Gasteiger partial charge in [-0.3, -0.25) is 9.69 Å². The number of hydrogen-bond donors (Lipinski definition) is 1. The van der Waals surface area contributed by atoms with Gasteiger partial charge in [-0.25, -0.2) is 0 Å². The van der Waals surface area contributed by atoms with E-state index in [0.29, 0.717) is 10.6 Å². The van der Waals surface area contributed by atoms with Gasteiger partial charge in [0.25, 0.3) is 5.91 Å². The number of piperazine rings is 1. The summed E-state index contributed by atoms with van der Waals surface area (Å²) < 4.78 is 0.882. The number of nitrogens with one attached hydrogen (secondary N) is 1. The fraction of sp³-hybridized carbons (Fsp3) is 0.350. The third kappa shape index (κ3) is 5.19. The Balaban J connectivity index is 1.74. The fourth-order valence-corrected chi connectivity index (χ4v) is 3.72. The lowest BCUT2D eigenvalue weighted by molar-refractivity contribution is 0.0907. The monoisotopic (exact) mass is 483 g/mol. The summed E-state index contributed by atoms with van der Waals surface area (Å²) in [4.78, 5) is 17.6. The molecule has 1 atom stereocenters. The van der Waals surface area contributed by atoms with Gasteiger partial charge in [0.05, 0.1) is 11.1 Å². The lowest BCUT2D eigenvalue weighted by Crippen LogP contribution is -2.47. The topological polar surface area (TPSA) is 35.6 Å². The van der Waals surface area contributed by atoms with Crippen LogP contribution in [-0.2, 0) is 0 Å². The minimum absolute atomic E-state index is 0.0413. The Labute approximate surface area is 173 Å². The average molecular weight is 484 g/mol. The van der Waals surface area contributed by atoms with Crippen LogP contribution in [0.5, 0.6) is 0 Å². The van der Waals surface area contributed by atoms with Crippen LogP contribution in [0.15, 0.2) is 48.5 Å². The summed E-state index contributed by atoms with van der Waals surface area (Å²) in [7, 11) is 2.15.